The summed E-state index contributed by atoms with van der Waals surface area (Å²) >= 11 is 0. The molecule has 1 heterocycles. The molecule has 0 aliphatic rings. The zero-order chi connectivity index (χ0) is 16.0. The predicted octanol–water partition coefficient (Wildman–Crippen LogP) is 1.14. The van der Waals surface area contributed by atoms with Gasteiger partial charge in [-0.25, -0.2) is 4.98 Å². The van der Waals surface area contributed by atoms with Gasteiger partial charge in [0.15, 0.2) is 0 Å². The van der Waals surface area contributed by atoms with Crippen molar-refractivity contribution in [1.82, 2.24) is 15.3 Å². The van der Waals surface area contributed by atoms with Gasteiger partial charge in [-0.3, -0.25) is 14.9 Å². The molecule has 0 aliphatic heterocycles. The Morgan fingerprint density at radius 2 is 2.05 bits per heavy atom. The molecule has 1 aromatic heterocycles. The van der Waals surface area contributed by atoms with E-state index in [0.29, 0.717) is 6.54 Å². The average molecular weight is 296 g/mol. The Labute approximate surface area is 122 Å². The lowest BCUT2D eigenvalue weighted by molar-refractivity contribution is -0.384. The van der Waals surface area contributed by atoms with Crippen molar-refractivity contribution in [1.29, 1.82) is 0 Å². The summed E-state index contributed by atoms with van der Waals surface area (Å²) in [5.74, 6) is -0.00255. The van der Waals surface area contributed by atoms with E-state index in [-0.39, 0.29) is 35.4 Å². The third-order valence-electron chi connectivity index (χ3n) is 2.23. The first-order valence-corrected chi connectivity index (χ1v) is 6.53. The molecule has 3 N–H and O–H groups in total. The molecule has 0 saturated carbocycles. The second kappa shape index (κ2) is 6.82. The van der Waals surface area contributed by atoms with Crippen LogP contribution in [0.1, 0.15) is 27.7 Å². The summed E-state index contributed by atoms with van der Waals surface area (Å²) in [6.45, 7) is 7.88. The van der Waals surface area contributed by atoms with E-state index < -0.39 is 4.92 Å². The van der Waals surface area contributed by atoms with Crippen LogP contribution in [0.3, 0.4) is 0 Å². The zero-order valence-electron chi connectivity index (χ0n) is 12.6. The van der Waals surface area contributed by atoms with Crippen molar-refractivity contribution >= 4 is 23.4 Å². The van der Waals surface area contributed by atoms with E-state index in [4.69, 9.17) is 0 Å². The molecule has 1 amide bonds. The van der Waals surface area contributed by atoms with Crippen LogP contribution < -0.4 is 16.0 Å². The predicted molar refractivity (Wildman–Crippen MR) is 79.2 cm³/mol. The number of carbonyl (C=O) groups excluding carboxylic acids is 1. The van der Waals surface area contributed by atoms with Crippen molar-refractivity contribution in [2.45, 2.75) is 33.2 Å². The van der Waals surface area contributed by atoms with E-state index in [9.17, 15) is 14.9 Å². The summed E-state index contributed by atoms with van der Waals surface area (Å²) in [6, 6.07) is 0. The van der Waals surface area contributed by atoms with Gasteiger partial charge in [-0.2, -0.15) is 4.98 Å². The van der Waals surface area contributed by atoms with E-state index in [1.54, 1.807) is 0 Å². The fourth-order valence-corrected chi connectivity index (χ4v) is 1.51. The van der Waals surface area contributed by atoms with Crippen LogP contribution in [0.5, 0.6) is 0 Å². The minimum Gasteiger partial charge on any atom is -0.355 e. The van der Waals surface area contributed by atoms with E-state index in [1.807, 2.05) is 27.7 Å². The van der Waals surface area contributed by atoms with Gasteiger partial charge < -0.3 is 16.0 Å². The summed E-state index contributed by atoms with van der Waals surface area (Å²) in [6.07, 6.45) is 1.11. The normalized spacial score (nSPS) is 10.9. The molecule has 0 radical (unpaired) electrons. The fourth-order valence-electron chi connectivity index (χ4n) is 1.51. The molecule has 0 spiro atoms. The highest BCUT2D eigenvalue weighted by Gasteiger charge is 2.19. The Morgan fingerprint density at radius 1 is 1.38 bits per heavy atom. The Kier molecular flexibility index (Phi) is 5.39. The molecule has 0 atom stereocenters. The van der Waals surface area contributed by atoms with Crippen molar-refractivity contribution in [3.05, 3.63) is 16.3 Å². The summed E-state index contributed by atoms with van der Waals surface area (Å²) < 4.78 is 0. The largest absolute Gasteiger partial charge is 0.355 e. The highest BCUT2D eigenvalue weighted by Crippen LogP contribution is 2.21. The van der Waals surface area contributed by atoms with Gasteiger partial charge in [0, 0.05) is 12.1 Å². The highest BCUT2D eigenvalue weighted by molar-refractivity contribution is 5.81. The third-order valence-corrected chi connectivity index (χ3v) is 2.23. The van der Waals surface area contributed by atoms with Gasteiger partial charge in [-0.15, -0.1) is 0 Å². The summed E-state index contributed by atoms with van der Waals surface area (Å²) in [7, 11) is 0. The molecule has 1 aromatic rings. The van der Waals surface area contributed by atoms with Gasteiger partial charge >= 0.3 is 5.69 Å². The van der Waals surface area contributed by atoms with E-state index >= 15 is 0 Å². The van der Waals surface area contributed by atoms with Gasteiger partial charge in [0.05, 0.1) is 11.5 Å². The number of nitro groups is 1. The smallest absolute Gasteiger partial charge is 0.329 e. The lowest BCUT2D eigenvalue weighted by atomic mass is 10.1. The average Bonchev–Trinajstić information content (AvgIpc) is 2.34. The maximum Gasteiger partial charge on any atom is 0.329 e. The number of aromatic nitrogens is 2. The Hall–Kier alpha value is -2.45. The lowest BCUT2D eigenvalue weighted by Gasteiger charge is -2.20. The molecule has 116 valence electrons. The second-order valence-corrected chi connectivity index (χ2v) is 5.37. The van der Waals surface area contributed by atoms with Crippen molar-refractivity contribution < 1.29 is 9.72 Å². The van der Waals surface area contributed by atoms with Gasteiger partial charge in [-0.1, -0.05) is 0 Å². The number of rotatable bonds is 6. The Balaban J connectivity index is 2.82. The van der Waals surface area contributed by atoms with Crippen LogP contribution in [0.15, 0.2) is 6.20 Å². The number of hydrogen-bond donors (Lipinski definition) is 3. The van der Waals surface area contributed by atoms with Gasteiger partial charge in [0.1, 0.15) is 6.20 Å². The molecule has 0 aromatic carbocycles. The maximum atomic E-state index is 11.7. The number of nitrogens with one attached hydrogen (secondary N) is 3. The number of anilines is 2. The van der Waals surface area contributed by atoms with Crippen LogP contribution in [-0.4, -0.2) is 39.4 Å². The minimum absolute atomic E-state index is 0.00927. The van der Waals surface area contributed by atoms with E-state index in [2.05, 4.69) is 25.9 Å². The van der Waals surface area contributed by atoms with Crippen molar-refractivity contribution in [2.75, 3.05) is 23.7 Å². The molecular weight excluding hydrogens is 276 g/mol. The van der Waals surface area contributed by atoms with Crippen LogP contribution in [0.4, 0.5) is 17.5 Å². The summed E-state index contributed by atoms with van der Waals surface area (Å²) in [5.41, 5.74) is -0.647. The quantitative estimate of drug-likeness (QED) is 0.531. The standard InChI is InChI=1S/C12H20N6O3/c1-5-13-11-15-6-8(18(20)21)10(16-11)14-7-9(19)17-12(2,3)4/h6H,5,7H2,1-4H3,(H,17,19)(H2,13,14,15,16). The molecule has 0 bridgehead atoms. The molecule has 0 unspecified atom stereocenters. The first-order chi connectivity index (χ1) is 9.73. The number of amides is 1. The Morgan fingerprint density at radius 3 is 2.57 bits per heavy atom. The molecule has 0 aliphatic carbocycles. The molecule has 9 nitrogen and oxygen atoms in total. The van der Waals surface area contributed by atoms with Crippen LogP contribution in [0.25, 0.3) is 0 Å². The molecule has 0 fully saturated rings. The summed E-state index contributed by atoms with van der Waals surface area (Å²) in [4.78, 5) is 29.9. The molecule has 9 heteroatoms. The van der Waals surface area contributed by atoms with Crippen molar-refractivity contribution in [3.8, 4) is 0 Å². The van der Waals surface area contributed by atoms with Gasteiger partial charge in [0.25, 0.3) is 0 Å². The van der Waals surface area contributed by atoms with E-state index in [1.165, 1.54) is 0 Å². The third kappa shape index (κ3) is 5.59. The SMILES string of the molecule is CCNc1ncc([N+](=O)[O-])c(NCC(=O)NC(C)(C)C)n1. The topological polar surface area (TPSA) is 122 Å². The van der Waals surface area contributed by atoms with Crippen molar-refractivity contribution in [2.24, 2.45) is 0 Å². The molecular formula is C12H20N6O3. The lowest BCUT2D eigenvalue weighted by Crippen LogP contribution is -2.43. The molecule has 21 heavy (non-hydrogen) atoms. The fraction of sp³-hybridized carbons (Fsp3) is 0.583. The van der Waals surface area contributed by atoms with E-state index in [0.717, 1.165) is 6.20 Å². The minimum atomic E-state index is -0.597. The number of hydrogen-bond acceptors (Lipinski definition) is 7. The maximum absolute atomic E-state index is 11.7. The van der Waals surface area contributed by atoms with Crippen LogP contribution in [0, 0.1) is 10.1 Å². The molecule has 1 rings (SSSR count). The zero-order valence-corrected chi connectivity index (χ0v) is 12.6. The first kappa shape index (κ1) is 16.6. The van der Waals surface area contributed by atoms with Crippen LogP contribution >= 0.6 is 0 Å². The Bertz CT molecular complexity index is 526. The van der Waals surface area contributed by atoms with Gasteiger partial charge in [0.2, 0.25) is 17.7 Å². The molecule has 0 saturated heterocycles. The van der Waals surface area contributed by atoms with Gasteiger partial charge in [-0.05, 0) is 27.7 Å². The van der Waals surface area contributed by atoms with Crippen LogP contribution in [0.2, 0.25) is 0 Å². The number of carbonyl (C=O) groups is 1. The first-order valence-electron chi connectivity index (χ1n) is 6.53. The highest BCUT2D eigenvalue weighted by atomic mass is 16.6. The van der Waals surface area contributed by atoms with Crippen molar-refractivity contribution in [3.63, 3.8) is 0 Å². The number of nitrogens with zero attached hydrogens (tertiary/aromatic N) is 3. The summed E-state index contributed by atoms with van der Waals surface area (Å²) in [5, 5.41) is 19.2. The monoisotopic (exact) mass is 296 g/mol. The van der Waals surface area contributed by atoms with Crippen LogP contribution in [-0.2, 0) is 4.79 Å². The second-order valence-electron chi connectivity index (χ2n) is 5.37.